The van der Waals surface area contributed by atoms with Gasteiger partial charge in [-0.2, -0.15) is 4.98 Å². The van der Waals surface area contributed by atoms with Crippen LogP contribution in [0.5, 0.6) is 0 Å². The molecule has 8 nitrogen and oxygen atoms in total. The van der Waals surface area contributed by atoms with E-state index in [1.165, 1.54) is 0 Å². The van der Waals surface area contributed by atoms with E-state index in [9.17, 15) is 0 Å². The molecule has 0 radical (unpaired) electrons. The van der Waals surface area contributed by atoms with Gasteiger partial charge < -0.3 is 15.4 Å². The average Bonchev–Trinajstić information content (AvgIpc) is 2.92. The molecule has 0 unspecified atom stereocenters. The van der Waals surface area contributed by atoms with E-state index in [0.717, 1.165) is 16.8 Å². The second-order valence-corrected chi connectivity index (χ2v) is 5.28. The fraction of sp³-hybridized carbons (Fsp3) is 0.333. The molecule has 0 atom stereocenters. The minimum absolute atomic E-state index is 0.235. The molecule has 0 saturated carbocycles. The van der Waals surface area contributed by atoms with Gasteiger partial charge in [0.25, 0.3) is 0 Å². The molecule has 0 saturated heterocycles. The van der Waals surface area contributed by atoms with Gasteiger partial charge in [-0.05, 0) is 24.6 Å². The van der Waals surface area contributed by atoms with Crippen molar-refractivity contribution in [1.82, 2.24) is 24.6 Å². The summed E-state index contributed by atoms with van der Waals surface area (Å²) in [5, 5.41) is 4.20. The molecule has 0 aliphatic rings. The lowest BCUT2D eigenvalue weighted by Gasteiger charge is -2.11. The van der Waals surface area contributed by atoms with E-state index in [1.807, 2.05) is 38.1 Å². The predicted molar refractivity (Wildman–Crippen MR) is 88.1 cm³/mol. The Bertz CT molecular complexity index is 811. The highest BCUT2D eigenvalue weighted by molar-refractivity contribution is 5.67. The Hall–Kier alpha value is -2.74. The summed E-state index contributed by atoms with van der Waals surface area (Å²) in [4.78, 5) is 14.8. The van der Waals surface area contributed by atoms with Crippen molar-refractivity contribution in [2.75, 3.05) is 31.3 Å². The molecule has 0 amide bonds. The van der Waals surface area contributed by atoms with Crippen molar-refractivity contribution in [2.45, 2.75) is 13.5 Å². The second-order valence-electron chi connectivity index (χ2n) is 5.28. The minimum atomic E-state index is 0.235. The van der Waals surface area contributed by atoms with Crippen LogP contribution in [0.3, 0.4) is 0 Å². The highest BCUT2D eigenvalue weighted by Crippen LogP contribution is 2.23. The molecular weight excluding hydrogens is 294 g/mol. The summed E-state index contributed by atoms with van der Waals surface area (Å²) >= 11 is 0. The number of hydrogen-bond acceptors (Lipinski definition) is 7. The standard InChI is InChI=1S/C15H19N7O/c1-4-23-9-12-5-10(6-13-19-14(16)20-22(12)13)11-7-17-15(18-8-11)21(2)3/h5-8H,4,9H2,1-3H3,(H2,16,20). The van der Waals surface area contributed by atoms with E-state index in [-0.39, 0.29) is 5.95 Å². The number of rotatable bonds is 5. The Morgan fingerprint density at radius 3 is 2.57 bits per heavy atom. The first kappa shape index (κ1) is 15.2. The molecule has 0 fully saturated rings. The third-order valence-electron chi connectivity index (χ3n) is 3.35. The fourth-order valence-corrected chi connectivity index (χ4v) is 2.24. The summed E-state index contributed by atoms with van der Waals surface area (Å²) in [7, 11) is 3.81. The van der Waals surface area contributed by atoms with Gasteiger partial charge in [0.1, 0.15) is 0 Å². The molecule has 3 aromatic rings. The normalized spacial score (nSPS) is 11.1. The quantitative estimate of drug-likeness (QED) is 0.760. The monoisotopic (exact) mass is 313 g/mol. The van der Waals surface area contributed by atoms with Gasteiger partial charge in [-0.15, -0.1) is 5.10 Å². The van der Waals surface area contributed by atoms with Crippen LogP contribution in [0, 0.1) is 0 Å². The smallest absolute Gasteiger partial charge is 0.240 e. The van der Waals surface area contributed by atoms with Crippen molar-refractivity contribution >= 4 is 17.5 Å². The van der Waals surface area contributed by atoms with Crippen molar-refractivity contribution in [3.8, 4) is 11.1 Å². The zero-order valence-electron chi connectivity index (χ0n) is 13.4. The lowest BCUT2D eigenvalue weighted by atomic mass is 10.1. The van der Waals surface area contributed by atoms with Crippen LogP contribution in [0.1, 0.15) is 12.6 Å². The van der Waals surface area contributed by atoms with Gasteiger partial charge in [-0.3, -0.25) is 0 Å². The zero-order chi connectivity index (χ0) is 16.4. The van der Waals surface area contributed by atoms with Crippen LogP contribution >= 0.6 is 0 Å². The summed E-state index contributed by atoms with van der Waals surface area (Å²) in [5.74, 6) is 0.898. The van der Waals surface area contributed by atoms with Gasteiger partial charge >= 0.3 is 0 Å². The molecule has 3 aromatic heterocycles. The Balaban J connectivity index is 2.06. The van der Waals surface area contributed by atoms with Crippen molar-refractivity contribution in [3.05, 3.63) is 30.2 Å². The van der Waals surface area contributed by atoms with Crippen LogP contribution < -0.4 is 10.6 Å². The number of aromatic nitrogens is 5. The number of nitrogens with zero attached hydrogens (tertiary/aromatic N) is 6. The molecule has 2 N–H and O–H groups in total. The maximum Gasteiger partial charge on any atom is 0.240 e. The predicted octanol–water partition coefficient (Wildman–Crippen LogP) is 1.37. The van der Waals surface area contributed by atoms with Crippen LogP contribution in [0.25, 0.3) is 16.8 Å². The summed E-state index contributed by atoms with van der Waals surface area (Å²) < 4.78 is 7.21. The maximum absolute atomic E-state index is 5.72. The number of nitrogen functional groups attached to an aromatic ring is 1. The summed E-state index contributed by atoms with van der Waals surface area (Å²) in [6.07, 6.45) is 3.58. The van der Waals surface area contributed by atoms with Crippen LogP contribution in [0.4, 0.5) is 11.9 Å². The van der Waals surface area contributed by atoms with Crippen molar-refractivity contribution < 1.29 is 4.74 Å². The highest BCUT2D eigenvalue weighted by atomic mass is 16.5. The number of fused-ring (bicyclic) bond motifs is 1. The minimum Gasteiger partial charge on any atom is -0.375 e. The summed E-state index contributed by atoms with van der Waals surface area (Å²) in [6.45, 7) is 3.00. The number of pyridine rings is 1. The van der Waals surface area contributed by atoms with Crippen molar-refractivity contribution in [1.29, 1.82) is 0 Å². The topological polar surface area (TPSA) is 94.5 Å². The highest BCUT2D eigenvalue weighted by Gasteiger charge is 2.11. The first-order valence-corrected chi connectivity index (χ1v) is 7.31. The number of anilines is 2. The molecule has 0 aliphatic carbocycles. The van der Waals surface area contributed by atoms with Crippen LogP contribution in [-0.4, -0.2) is 45.3 Å². The van der Waals surface area contributed by atoms with E-state index in [1.54, 1.807) is 16.9 Å². The van der Waals surface area contributed by atoms with Gasteiger partial charge in [-0.25, -0.2) is 14.5 Å². The van der Waals surface area contributed by atoms with Crippen molar-refractivity contribution in [2.24, 2.45) is 0 Å². The Morgan fingerprint density at radius 1 is 1.17 bits per heavy atom. The van der Waals surface area contributed by atoms with E-state index < -0.39 is 0 Å². The van der Waals surface area contributed by atoms with Gasteiger partial charge in [0.15, 0.2) is 5.65 Å². The number of hydrogen-bond donors (Lipinski definition) is 1. The largest absolute Gasteiger partial charge is 0.375 e. The third kappa shape index (κ3) is 3.07. The fourth-order valence-electron chi connectivity index (χ4n) is 2.24. The molecule has 0 bridgehead atoms. The summed E-state index contributed by atoms with van der Waals surface area (Å²) in [5.41, 5.74) is 9.11. The van der Waals surface area contributed by atoms with Gasteiger partial charge in [0.05, 0.1) is 12.3 Å². The lowest BCUT2D eigenvalue weighted by Crippen LogP contribution is -2.12. The molecular formula is C15H19N7O. The molecule has 8 heteroatoms. The SMILES string of the molecule is CCOCc1cc(-c2cnc(N(C)C)nc2)cc2nc(N)nn12. The van der Waals surface area contributed by atoms with Gasteiger partial charge in [0.2, 0.25) is 11.9 Å². The second kappa shape index (κ2) is 6.17. The molecule has 0 aromatic carbocycles. The molecule has 3 rings (SSSR count). The van der Waals surface area contributed by atoms with E-state index in [4.69, 9.17) is 10.5 Å². The summed E-state index contributed by atoms with van der Waals surface area (Å²) in [6, 6.07) is 3.90. The van der Waals surface area contributed by atoms with Crippen LogP contribution in [0.15, 0.2) is 24.5 Å². The van der Waals surface area contributed by atoms with E-state index in [0.29, 0.717) is 24.8 Å². The maximum atomic E-state index is 5.72. The number of nitrogens with two attached hydrogens (primary N) is 1. The van der Waals surface area contributed by atoms with Crippen molar-refractivity contribution in [3.63, 3.8) is 0 Å². The zero-order valence-corrected chi connectivity index (χ0v) is 13.4. The Labute approximate surface area is 133 Å². The molecule has 120 valence electrons. The Kier molecular flexibility index (Phi) is 4.07. The van der Waals surface area contributed by atoms with Gasteiger partial charge in [-0.1, -0.05) is 0 Å². The average molecular weight is 313 g/mol. The first-order chi connectivity index (χ1) is 11.1. The molecule has 0 aliphatic heterocycles. The Morgan fingerprint density at radius 2 is 1.91 bits per heavy atom. The van der Waals surface area contributed by atoms with E-state index in [2.05, 4.69) is 20.1 Å². The van der Waals surface area contributed by atoms with Crippen LogP contribution in [0.2, 0.25) is 0 Å². The number of ether oxygens (including phenoxy) is 1. The lowest BCUT2D eigenvalue weighted by molar-refractivity contribution is 0.130. The molecule has 3 heterocycles. The molecule has 0 spiro atoms. The third-order valence-corrected chi connectivity index (χ3v) is 3.35. The molecule has 23 heavy (non-hydrogen) atoms. The first-order valence-electron chi connectivity index (χ1n) is 7.31. The van der Waals surface area contributed by atoms with Gasteiger partial charge in [0, 0.05) is 38.7 Å². The van der Waals surface area contributed by atoms with E-state index >= 15 is 0 Å². The van der Waals surface area contributed by atoms with Crippen LogP contribution in [-0.2, 0) is 11.3 Å².